The largest absolute Gasteiger partial charge is 0.355 e. The van der Waals surface area contributed by atoms with Gasteiger partial charge in [0.1, 0.15) is 0 Å². The highest BCUT2D eigenvalue weighted by atomic mass is 16.1. The predicted octanol–water partition coefficient (Wildman–Crippen LogP) is 0.587. The van der Waals surface area contributed by atoms with Crippen LogP contribution in [-0.4, -0.2) is 22.2 Å². The summed E-state index contributed by atoms with van der Waals surface area (Å²) in [7, 11) is 0. The van der Waals surface area contributed by atoms with Crippen molar-refractivity contribution in [3.05, 3.63) is 24.5 Å². The monoisotopic (exact) mass is 177 g/mol. The van der Waals surface area contributed by atoms with Crippen LogP contribution in [0.25, 0.3) is 6.20 Å². The Labute approximate surface area is 76.2 Å². The number of nitrogens with one attached hydrogen (secondary N) is 1. The maximum absolute atomic E-state index is 10.9. The van der Waals surface area contributed by atoms with Crippen molar-refractivity contribution >= 4 is 12.1 Å². The van der Waals surface area contributed by atoms with E-state index in [-0.39, 0.29) is 11.8 Å². The molecule has 1 aromatic heterocycles. The van der Waals surface area contributed by atoms with E-state index in [9.17, 15) is 4.79 Å². The van der Waals surface area contributed by atoms with E-state index in [1.807, 2.05) is 6.20 Å². The Bertz CT molecular complexity index is 342. The summed E-state index contributed by atoms with van der Waals surface area (Å²) in [6, 6.07) is 0. The van der Waals surface area contributed by atoms with E-state index in [0.29, 0.717) is 6.42 Å². The molecule has 1 aliphatic heterocycles. The first kappa shape index (κ1) is 8.04. The Balaban J connectivity index is 2.16. The van der Waals surface area contributed by atoms with Gasteiger partial charge in [0.05, 0.1) is 6.20 Å². The minimum absolute atomic E-state index is 0.122. The molecule has 4 nitrogen and oxygen atoms in total. The van der Waals surface area contributed by atoms with Gasteiger partial charge in [-0.2, -0.15) is 5.10 Å². The van der Waals surface area contributed by atoms with Gasteiger partial charge in [0, 0.05) is 31.3 Å². The fourth-order valence-corrected chi connectivity index (χ4v) is 1.50. The first-order valence-corrected chi connectivity index (χ1v) is 4.23. The van der Waals surface area contributed by atoms with Crippen LogP contribution in [0.4, 0.5) is 0 Å². The molecule has 0 radical (unpaired) electrons. The molecule has 2 heterocycles. The molecule has 1 aliphatic rings. The number of rotatable bonds is 2. The molecule has 1 aromatic rings. The van der Waals surface area contributed by atoms with Crippen LogP contribution in [0, 0.1) is 0 Å². The maximum atomic E-state index is 10.9. The number of carbonyl (C=O) groups excluding carboxylic acids is 1. The second kappa shape index (κ2) is 3.05. The van der Waals surface area contributed by atoms with Gasteiger partial charge in [-0.15, -0.1) is 0 Å². The van der Waals surface area contributed by atoms with Crippen molar-refractivity contribution in [2.24, 2.45) is 0 Å². The summed E-state index contributed by atoms with van der Waals surface area (Å²) < 4.78 is 1.65. The third kappa shape index (κ3) is 1.47. The molecule has 1 unspecified atom stereocenters. The van der Waals surface area contributed by atoms with Crippen molar-refractivity contribution in [2.45, 2.75) is 12.3 Å². The maximum Gasteiger partial charge on any atom is 0.220 e. The standard InChI is InChI=1S/C9H11N3O/c1-2-12-6-8(5-11-12)7-3-9(13)10-4-7/h2,5-7H,1,3-4H2,(H,10,13). The first-order chi connectivity index (χ1) is 6.29. The molecule has 0 spiro atoms. The highest BCUT2D eigenvalue weighted by Gasteiger charge is 2.23. The predicted molar refractivity (Wildman–Crippen MR) is 49.0 cm³/mol. The van der Waals surface area contributed by atoms with Gasteiger partial charge in [-0.1, -0.05) is 6.58 Å². The van der Waals surface area contributed by atoms with Crippen LogP contribution in [0.5, 0.6) is 0 Å². The Morgan fingerprint density at radius 1 is 1.77 bits per heavy atom. The summed E-state index contributed by atoms with van der Waals surface area (Å²) in [6.07, 6.45) is 5.89. The SMILES string of the molecule is C=Cn1cc(C2CNC(=O)C2)cn1. The molecule has 13 heavy (non-hydrogen) atoms. The van der Waals surface area contributed by atoms with Crippen LogP contribution in [0.1, 0.15) is 17.9 Å². The van der Waals surface area contributed by atoms with Gasteiger partial charge in [-0.3, -0.25) is 4.79 Å². The summed E-state index contributed by atoms with van der Waals surface area (Å²) in [5, 5.41) is 6.86. The van der Waals surface area contributed by atoms with Gasteiger partial charge in [0.2, 0.25) is 5.91 Å². The third-order valence-corrected chi connectivity index (χ3v) is 2.26. The van der Waals surface area contributed by atoms with E-state index in [1.165, 1.54) is 0 Å². The summed E-state index contributed by atoms with van der Waals surface area (Å²) in [5.74, 6) is 0.401. The lowest BCUT2D eigenvalue weighted by Crippen LogP contribution is -2.13. The first-order valence-electron chi connectivity index (χ1n) is 4.23. The molecule has 68 valence electrons. The number of hydrogen-bond acceptors (Lipinski definition) is 2. The minimum Gasteiger partial charge on any atom is -0.355 e. The van der Waals surface area contributed by atoms with Crippen molar-refractivity contribution in [2.75, 3.05) is 6.54 Å². The molecule has 0 aromatic carbocycles. The van der Waals surface area contributed by atoms with E-state index in [0.717, 1.165) is 12.1 Å². The Morgan fingerprint density at radius 2 is 2.62 bits per heavy atom. The number of amides is 1. The van der Waals surface area contributed by atoms with Crippen molar-refractivity contribution in [1.29, 1.82) is 0 Å². The average molecular weight is 177 g/mol. The summed E-state index contributed by atoms with van der Waals surface area (Å²) in [6.45, 7) is 4.33. The molecule has 1 N–H and O–H groups in total. The van der Waals surface area contributed by atoms with E-state index in [2.05, 4.69) is 17.0 Å². The van der Waals surface area contributed by atoms with Gasteiger partial charge in [0.25, 0.3) is 0 Å². The highest BCUT2D eigenvalue weighted by Crippen LogP contribution is 2.21. The molecule has 4 heteroatoms. The van der Waals surface area contributed by atoms with Gasteiger partial charge in [0.15, 0.2) is 0 Å². The average Bonchev–Trinajstić information content (AvgIpc) is 2.71. The number of hydrogen-bond donors (Lipinski definition) is 1. The Kier molecular flexibility index (Phi) is 1.88. The quantitative estimate of drug-likeness (QED) is 0.718. The van der Waals surface area contributed by atoms with Gasteiger partial charge < -0.3 is 5.32 Å². The number of nitrogens with zero attached hydrogens (tertiary/aromatic N) is 2. The summed E-state index contributed by atoms with van der Waals surface area (Å²) >= 11 is 0. The van der Waals surface area contributed by atoms with Crippen molar-refractivity contribution in [3.8, 4) is 0 Å². The zero-order valence-corrected chi connectivity index (χ0v) is 7.23. The summed E-state index contributed by atoms with van der Waals surface area (Å²) in [4.78, 5) is 10.9. The third-order valence-electron chi connectivity index (χ3n) is 2.26. The van der Waals surface area contributed by atoms with Crippen LogP contribution in [-0.2, 0) is 4.79 Å². The highest BCUT2D eigenvalue weighted by molar-refractivity contribution is 5.79. The fraction of sp³-hybridized carbons (Fsp3) is 0.333. The van der Waals surface area contributed by atoms with Crippen LogP contribution in [0.2, 0.25) is 0 Å². The molecular formula is C9H11N3O. The van der Waals surface area contributed by atoms with Gasteiger partial charge in [-0.05, 0) is 5.56 Å². The minimum atomic E-state index is 0.122. The Morgan fingerprint density at radius 3 is 3.15 bits per heavy atom. The van der Waals surface area contributed by atoms with E-state index in [4.69, 9.17) is 0 Å². The lowest BCUT2D eigenvalue weighted by molar-refractivity contribution is -0.119. The van der Waals surface area contributed by atoms with Crippen molar-refractivity contribution < 1.29 is 4.79 Å². The second-order valence-electron chi connectivity index (χ2n) is 3.14. The Hall–Kier alpha value is -1.58. The topological polar surface area (TPSA) is 46.9 Å². The molecule has 2 rings (SSSR count). The summed E-state index contributed by atoms with van der Waals surface area (Å²) in [5.41, 5.74) is 1.10. The van der Waals surface area contributed by atoms with Gasteiger partial charge >= 0.3 is 0 Å². The van der Waals surface area contributed by atoms with Crippen molar-refractivity contribution in [3.63, 3.8) is 0 Å². The second-order valence-corrected chi connectivity index (χ2v) is 3.14. The molecule has 1 saturated heterocycles. The fourth-order valence-electron chi connectivity index (χ4n) is 1.50. The molecule has 0 aliphatic carbocycles. The molecular weight excluding hydrogens is 166 g/mol. The normalized spacial score (nSPS) is 21.5. The smallest absolute Gasteiger partial charge is 0.220 e. The van der Waals surface area contributed by atoms with Crippen LogP contribution in [0.3, 0.4) is 0 Å². The number of aromatic nitrogens is 2. The van der Waals surface area contributed by atoms with Gasteiger partial charge in [-0.25, -0.2) is 4.68 Å². The number of carbonyl (C=O) groups is 1. The zero-order chi connectivity index (χ0) is 9.26. The lowest BCUT2D eigenvalue weighted by atomic mass is 10.0. The molecule has 0 bridgehead atoms. The van der Waals surface area contributed by atoms with Crippen LogP contribution in [0.15, 0.2) is 19.0 Å². The van der Waals surface area contributed by atoms with Crippen LogP contribution < -0.4 is 5.32 Å². The van der Waals surface area contributed by atoms with E-state index in [1.54, 1.807) is 17.1 Å². The molecule has 1 amide bonds. The van der Waals surface area contributed by atoms with E-state index >= 15 is 0 Å². The molecule has 1 fully saturated rings. The molecule has 0 saturated carbocycles. The zero-order valence-electron chi connectivity index (χ0n) is 7.23. The van der Waals surface area contributed by atoms with Crippen LogP contribution >= 0.6 is 0 Å². The molecule has 1 atom stereocenters. The lowest BCUT2D eigenvalue weighted by Gasteiger charge is -2.00. The van der Waals surface area contributed by atoms with Crippen molar-refractivity contribution in [1.82, 2.24) is 15.1 Å². The van der Waals surface area contributed by atoms with E-state index < -0.39 is 0 Å².